The molecule has 10 heteroatoms. The van der Waals surface area contributed by atoms with Crippen molar-refractivity contribution in [3.05, 3.63) is 59.4 Å². The molecule has 2 atom stereocenters. The van der Waals surface area contributed by atoms with Gasteiger partial charge in [-0.2, -0.15) is 13.2 Å². The minimum atomic E-state index is -4.44. The first-order chi connectivity index (χ1) is 13.1. The normalized spacial score (nSPS) is 19.1. The number of alkyl halides is 3. The van der Waals surface area contributed by atoms with Crippen LogP contribution in [0.3, 0.4) is 0 Å². The van der Waals surface area contributed by atoms with Gasteiger partial charge in [-0.15, -0.1) is 0 Å². The third kappa shape index (κ3) is 4.11. The first-order valence-corrected chi connectivity index (χ1v) is 8.34. The molecule has 1 aliphatic rings. The average Bonchev–Trinajstić information content (AvgIpc) is 2.95. The summed E-state index contributed by atoms with van der Waals surface area (Å²) in [6.07, 6.45) is -2.58. The molecule has 2 N–H and O–H groups in total. The second-order valence-electron chi connectivity index (χ2n) is 6.60. The van der Waals surface area contributed by atoms with E-state index in [-0.39, 0.29) is 12.0 Å². The van der Waals surface area contributed by atoms with Crippen LogP contribution in [-0.2, 0) is 19.1 Å². The molecule has 2 aromatic heterocycles. The van der Waals surface area contributed by atoms with Gasteiger partial charge in [0.25, 0.3) is 0 Å². The lowest BCUT2D eigenvalue weighted by Gasteiger charge is -2.27. The summed E-state index contributed by atoms with van der Waals surface area (Å²) in [5.41, 5.74) is 6.04. The molecule has 0 spiro atoms. The fraction of sp³-hybridized carbons (Fsp3) is 0.333. The highest BCUT2D eigenvalue weighted by atomic mass is 19.4. The van der Waals surface area contributed by atoms with Crippen LogP contribution < -0.4 is 5.73 Å². The number of aromatic nitrogens is 3. The molecule has 1 aromatic carbocycles. The molecule has 1 unspecified atom stereocenters. The van der Waals surface area contributed by atoms with E-state index in [0.29, 0.717) is 30.1 Å². The van der Waals surface area contributed by atoms with Gasteiger partial charge in [0, 0.05) is 25.1 Å². The minimum absolute atomic E-state index is 0.0626. The van der Waals surface area contributed by atoms with Crippen molar-refractivity contribution in [1.82, 2.24) is 14.5 Å². The van der Waals surface area contributed by atoms with Gasteiger partial charge in [0.05, 0.1) is 11.7 Å². The minimum Gasteiger partial charge on any atom is -0.326 e. The Morgan fingerprint density at radius 3 is 2.43 bits per heavy atom. The molecular weight excluding hydrogens is 386 g/mol. The maximum atomic E-state index is 12.7. The van der Waals surface area contributed by atoms with Crippen molar-refractivity contribution in [2.45, 2.75) is 32.1 Å². The van der Waals surface area contributed by atoms with Gasteiger partial charge >= 0.3 is 6.18 Å². The van der Waals surface area contributed by atoms with Gasteiger partial charge in [0.15, 0.2) is 11.6 Å². The van der Waals surface area contributed by atoms with Crippen molar-refractivity contribution < 1.29 is 26.3 Å². The SMILES string of the molecule is CC1Cc2nc3cnc(C(F)(F)F)cc3n2C[C@@H]1N.Fc1ccc(F)c(F)c1. The van der Waals surface area contributed by atoms with E-state index in [0.717, 1.165) is 24.0 Å². The van der Waals surface area contributed by atoms with Crippen molar-refractivity contribution in [3.63, 3.8) is 0 Å². The van der Waals surface area contributed by atoms with E-state index in [9.17, 15) is 26.3 Å². The molecule has 0 saturated heterocycles. The topological polar surface area (TPSA) is 56.7 Å². The Labute approximate surface area is 156 Å². The zero-order valence-electron chi connectivity index (χ0n) is 14.6. The van der Waals surface area contributed by atoms with E-state index in [1.807, 2.05) is 6.92 Å². The smallest absolute Gasteiger partial charge is 0.326 e. The van der Waals surface area contributed by atoms with Gasteiger partial charge < -0.3 is 10.3 Å². The zero-order chi connectivity index (χ0) is 20.6. The van der Waals surface area contributed by atoms with E-state index >= 15 is 0 Å². The lowest BCUT2D eigenvalue weighted by Crippen LogP contribution is -2.38. The van der Waals surface area contributed by atoms with Gasteiger partial charge in [0.1, 0.15) is 22.9 Å². The average molecular weight is 402 g/mol. The van der Waals surface area contributed by atoms with Crippen LogP contribution in [0, 0.1) is 23.4 Å². The molecular formula is C18H16F6N4. The van der Waals surface area contributed by atoms with Crippen molar-refractivity contribution in [2.75, 3.05) is 0 Å². The van der Waals surface area contributed by atoms with Crippen molar-refractivity contribution in [3.8, 4) is 0 Å². The van der Waals surface area contributed by atoms with Gasteiger partial charge in [-0.25, -0.2) is 23.1 Å². The number of hydrogen-bond donors (Lipinski definition) is 1. The van der Waals surface area contributed by atoms with Gasteiger partial charge in [-0.1, -0.05) is 6.92 Å². The molecule has 3 aromatic rings. The predicted octanol–water partition coefficient (Wildman–Crippen LogP) is 4.07. The Hall–Kier alpha value is -2.62. The number of imidazole rings is 1. The maximum Gasteiger partial charge on any atom is 0.433 e. The second-order valence-corrected chi connectivity index (χ2v) is 6.60. The fourth-order valence-corrected chi connectivity index (χ4v) is 2.89. The van der Waals surface area contributed by atoms with E-state index in [4.69, 9.17) is 5.73 Å². The number of rotatable bonds is 0. The van der Waals surface area contributed by atoms with Crippen LogP contribution in [0.5, 0.6) is 0 Å². The van der Waals surface area contributed by atoms with Crippen molar-refractivity contribution in [2.24, 2.45) is 11.7 Å². The molecule has 4 nitrogen and oxygen atoms in total. The molecule has 0 fully saturated rings. The van der Waals surface area contributed by atoms with Crippen LogP contribution in [0.25, 0.3) is 11.0 Å². The highest BCUT2D eigenvalue weighted by molar-refractivity contribution is 5.75. The molecule has 4 rings (SSSR count). The van der Waals surface area contributed by atoms with Crippen LogP contribution in [0.15, 0.2) is 30.5 Å². The quantitative estimate of drug-likeness (QED) is 0.456. The number of fused-ring (bicyclic) bond motifs is 3. The zero-order valence-corrected chi connectivity index (χ0v) is 14.6. The number of hydrogen-bond acceptors (Lipinski definition) is 3. The molecule has 0 aliphatic carbocycles. The Morgan fingerprint density at radius 1 is 1.11 bits per heavy atom. The number of halogens is 6. The molecule has 0 radical (unpaired) electrons. The molecule has 0 bridgehead atoms. The van der Waals surface area contributed by atoms with Gasteiger partial charge in [-0.05, 0) is 24.1 Å². The Kier molecular flexibility index (Phi) is 5.33. The molecule has 0 amide bonds. The summed E-state index contributed by atoms with van der Waals surface area (Å²) in [6.45, 7) is 2.52. The number of pyridine rings is 1. The van der Waals surface area contributed by atoms with Crippen LogP contribution in [0.4, 0.5) is 26.3 Å². The monoisotopic (exact) mass is 402 g/mol. The highest BCUT2D eigenvalue weighted by Crippen LogP contribution is 2.31. The highest BCUT2D eigenvalue weighted by Gasteiger charge is 2.34. The second kappa shape index (κ2) is 7.42. The number of benzene rings is 1. The third-order valence-electron chi connectivity index (χ3n) is 4.51. The summed E-state index contributed by atoms with van der Waals surface area (Å²) in [4.78, 5) is 7.77. The summed E-state index contributed by atoms with van der Waals surface area (Å²) in [5, 5.41) is 0. The van der Waals surface area contributed by atoms with Crippen molar-refractivity contribution >= 4 is 11.0 Å². The van der Waals surface area contributed by atoms with Crippen molar-refractivity contribution in [1.29, 1.82) is 0 Å². The largest absolute Gasteiger partial charge is 0.433 e. The first kappa shape index (κ1) is 20.1. The maximum absolute atomic E-state index is 12.7. The summed E-state index contributed by atoms with van der Waals surface area (Å²) < 4.78 is 75.7. The van der Waals surface area contributed by atoms with Gasteiger partial charge in [0.2, 0.25) is 0 Å². The van der Waals surface area contributed by atoms with Gasteiger partial charge in [-0.3, -0.25) is 0 Å². The number of nitrogens with two attached hydrogens (primary N) is 1. The lowest BCUT2D eigenvalue weighted by atomic mass is 9.95. The fourth-order valence-electron chi connectivity index (χ4n) is 2.89. The summed E-state index contributed by atoms with van der Waals surface area (Å²) in [6, 6.07) is 3.08. The molecule has 3 heterocycles. The van der Waals surface area contributed by atoms with E-state index in [1.54, 1.807) is 4.57 Å². The summed E-state index contributed by atoms with van der Waals surface area (Å²) >= 11 is 0. The summed E-state index contributed by atoms with van der Waals surface area (Å²) in [5.74, 6) is -1.90. The van der Waals surface area contributed by atoms with E-state index in [2.05, 4.69) is 9.97 Å². The summed E-state index contributed by atoms with van der Waals surface area (Å²) in [7, 11) is 0. The van der Waals surface area contributed by atoms with Crippen LogP contribution in [0.2, 0.25) is 0 Å². The molecule has 1 aliphatic heterocycles. The molecule has 28 heavy (non-hydrogen) atoms. The Balaban J connectivity index is 0.000000211. The van der Waals surface area contributed by atoms with Crippen LogP contribution >= 0.6 is 0 Å². The van der Waals surface area contributed by atoms with Crippen LogP contribution in [-0.4, -0.2) is 20.6 Å². The first-order valence-electron chi connectivity index (χ1n) is 8.34. The van der Waals surface area contributed by atoms with E-state index < -0.39 is 29.3 Å². The molecule has 0 saturated carbocycles. The Morgan fingerprint density at radius 2 is 1.82 bits per heavy atom. The standard InChI is InChI=1S/C12H13F3N4.C6H3F3/c1-6-2-11-18-8-4-17-10(12(13,14)15)3-9(8)19(11)5-7(6)16;7-4-1-2-5(8)6(9)3-4/h3-4,6-7H,2,5,16H2,1H3;1-3H/t6?,7-;/m0./s1. The Bertz CT molecular complexity index is 998. The van der Waals surface area contributed by atoms with Crippen LogP contribution in [0.1, 0.15) is 18.4 Å². The third-order valence-corrected chi connectivity index (χ3v) is 4.51. The lowest BCUT2D eigenvalue weighted by molar-refractivity contribution is -0.141. The molecule has 150 valence electrons. The predicted molar refractivity (Wildman–Crippen MR) is 89.7 cm³/mol. The van der Waals surface area contributed by atoms with E-state index in [1.165, 1.54) is 6.20 Å². The number of nitrogens with zero attached hydrogens (tertiary/aromatic N) is 3.